The number of hydrogen-bond acceptors (Lipinski definition) is 5. The van der Waals surface area contributed by atoms with Crippen molar-refractivity contribution in [3.8, 4) is 0 Å². The molecule has 0 bridgehead atoms. The first-order valence-electron chi connectivity index (χ1n) is 7.30. The number of halogens is 2. The van der Waals surface area contributed by atoms with E-state index in [0.29, 0.717) is 17.4 Å². The first-order chi connectivity index (χ1) is 11.4. The van der Waals surface area contributed by atoms with Crippen LogP contribution >= 0.6 is 23.2 Å². The van der Waals surface area contributed by atoms with Crippen LogP contribution in [0.15, 0.2) is 12.3 Å². The standard InChI is InChI=1S/C15H15BCl2N2O4/c1-7-12-8(5-20(7)11(21)6-24-2)4-19-15-9(12)3-10(16(22)23)13(17)14(15)18/h3-4,7,22-23H,5-6H2,1-2H3/t7-/m0/s1. The summed E-state index contributed by atoms with van der Waals surface area (Å²) >= 11 is 12.4. The van der Waals surface area contributed by atoms with Gasteiger partial charge in [-0.25, -0.2) is 0 Å². The highest BCUT2D eigenvalue weighted by molar-refractivity contribution is 6.65. The first kappa shape index (κ1) is 17.4. The van der Waals surface area contributed by atoms with E-state index in [9.17, 15) is 14.8 Å². The van der Waals surface area contributed by atoms with E-state index in [2.05, 4.69) is 4.98 Å². The number of pyridine rings is 1. The van der Waals surface area contributed by atoms with E-state index in [0.717, 1.165) is 11.1 Å². The van der Waals surface area contributed by atoms with Gasteiger partial charge in [0.05, 0.1) is 21.6 Å². The molecule has 24 heavy (non-hydrogen) atoms. The second-order valence-corrected chi connectivity index (χ2v) is 6.45. The van der Waals surface area contributed by atoms with Gasteiger partial charge in [0.1, 0.15) is 6.61 Å². The summed E-state index contributed by atoms with van der Waals surface area (Å²) in [7, 11) is -0.280. The molecular formula is C15H15BCl2N2O4. The number of fused-ring (bicyclic) bond motifs is 3. The Morgan fingerprint density at radius 3 is 2.79 bits per heavy atom. The quantitative estimate of drug-likeness (QED) is 0.797. The monoisotopic (exact) mass is 368 g/mol. The number of amides is 1. The van der Waals surface area contributed by atoms with Gasteiger partial charge in [0.25, 0.3) is 0 Å². The number of carbonyl (C=O) groups excluding carboxylic acids is 1. The Labute approximate surface area is 149 Å². The largest absolute Gasteiger partial charge is 0.490 e. The summed E-state index contributed by atoms with van der Waals surface area (Å²) in [6.07, 6.45) is 1.67. The highest BCUT2D eigenvalue weighted by Gasteiger charge is 2.33. The van der Waals surface area contributed by atoms with Crippen LogP contribution in [0.5, 0.6) is 0 Å². The van der Waals surface area contributed by atoms with Gasteiger partial charge in [0.15, 0.2) is 0 Å². The van der Waals surface area contributed by atoms with Crippen LogP contribution in [0.3, 0.4) is 0 Å². The van der Waals surface area contributed by atoms with E-state index in [1.807, 2.05) is 6.92 Å². The third-order valence-electron chi connectivity index (χ3n) is 4.29. The summed E-state index contributed by atoms with van der Waals surface area (Å²) in [4.78, 5) is 18.2. The zero-order chi connectivity index (χ0) is 17.6. The molecule has 2 aromatic rings. The van der Waals surface area contributed by atoms with Crippen molar-refractivity contribution >= 4 is 52.6 Å². The fourth-order valence-electron chi connectivity index (χ4n) is 3.15. The van der Waals surface area contributed by atoms with Crippen LogP contribution in [0, 0.1) is 0 Å². The lowest BCUT2D eigenvalue weighted by Gasteiger charge is -2.22. The summed E-state index contributed by atoms with van der Waals surface area (Å²) in [6, 6.07) is 1.36. The Morgan fingerprint density at radius 1 is 1.46 bits per heavy atom. The van der Waals surface area contributed by atoms with Crippen molar-refractivity contribution in [1.29, 1.82) is 0 Å². The first-order valence-corrected chi connectivity index (χ1v) is 8.06. The van der Waals surface area contributed by atoms with Gasteiger partial charge >= 0.3 is 7.12 Å². The van der Waals surface area contributed by atoms with Crippen LogP contribution in [0.2, 0.25) is 10.0 Å². The lowest BCUT2D eigenvalue weighted by atomic mass is 9.79. The number of carbonyl (C=O) groups is 1. The minimum absolute atomic E-state index is 0.00310. The van der Waals surface area contributed by atoms with Gasteiger partial charge in [-0.3, -0.25) is 9.78 Å². The Morgan fingerprint density at radius 2 is 2.17 bits per heavy atom. The molecule has 1 aliphatic heterocycles. The van der Waals surface area contributed by atoms with Crippen molar-refractivity contribution in [2.75, 3.05) is 13.7 Å². The van der Waals surface area contributed by atoms with Crippen molar-refractivity contribution in [1.82, 2.24) is 9.88 Å². The highest BCUT2D eigenvalue weighted by atomic mass is 35.5. The molecule has 0 saturated heterocycles. The van der Waals surface area contributed by atoms with Crippen LogP contribution < -0.4 is 5.46 Å². The minimum atomic E-state index is -1.75. The van der Waals surface area contributed by atoms with E-state index in [-0.39, 0.29) is 34.1 Å². The van der Waals surface area contributed by atoms with Crippen molar-refractivity contribution in [3.05, 3.63) is 33.4 Å². The fourth-order valence-corrected chi connectivity index (χ4v) is 3.65. The second kappa shape index (κ2) is 6.50. The minimum Gasteiger partial charge on any atom is -0.423 e. The molecule has 0 fully saturated rings. The Balaban J connectivity index is 2.19. The van der Waals surface area contributed by atoms with Gasteiger partial charge in [0, 0.05) is 30.7 Å². The lowest BCUT2D eigenvalue weighted by molar-refractivity contribution is -0.137. The third-order valence-corrected chi connectivity index (χ3v) is 5.16. The number of methoxy groups -OCH3 is 1. The maximum Gasteiger partial charge on any atom is 0.490 e. The number of ether oxygens (including phenoxy) is 1. The molecule has 0 unspecified atom stereocenters. The average molecular weight is 369 g/mol. The van der Waals surface area contributed by atoms with Gasteiger partial charge in [0.2, 0.25) is 5.91 Å². The van der Waals surface area contributed by atoms with Crippen LogP contribution in [-0.4, -0.2) is 46.7 Å². The number of hydrogen-bond donors (Lipinski definition) is 2. The van der Waals surface area contributed by atoms with Crippen LogP contribution in [0.1, 0.15) is 24.1 Å². The SMILES string of the molecule is COCC(=O)N1Cc2cnc3c(Cl)c(Cl)c(B(O)O)cc3c2[C@@H]1C. The number of nitrogens with zero attached hydrogens (tertiary/aromatic N) is 2. The molecule has 9 heteroatoms. The molecule has 1 aromatic carbocycles. The maximum atomic E-state index is 12.2. The zero-order valence-corrected chi connectivity index (χ0v) is 14.6. The van der Waals surface area contributed by atoms with Crippen molar-refractivity contribution in [3.63, 3.8) is 0 Å². The number of aromatic nitrogens is 1. The van der Waals surface area contributed by atoms with Gasteiger partial charge in [-0.1, -0.05) is 29.3 Å². The second-order valence-electron chi connectivity index (χ2n) is 5.69. The average Bonchev–Trinajstić information content (AvgIpc) is 2.88. The molecule has 0 radical (unpaired) electrons. The smallest absolute Gasteiger partial charge is 0.423 e. The van der Waals surface area contributed by atoms with E-state index < -0.39 is 7.12 Å². The molecule has 0 spiro atoms. The molecule has 1 aliphatic rings. The Kier molecular flexibility index (Phi) is 4.72. The normalized spacial score (nSPS) is 16.6. The van der Waals surface area contributed by atoms with Gasteiger partial charge < -0.3 is 19.7 Å². The van der Waals surface area contributed by atoms with Crippen LogP contribution in [0.25, 0.3) is 10.9 Å². The van der Waals surface area contributed by atoms with Gasteiger partial charge in [-0.05, 0) is 18.1 Å². The molecule has 6 nitrogen and oxygen atoms in total. The molecule has 3 rings (SSSR count). The van der Waals surface area contributed by atoms with Crippen molar-refractivity contribution < 1.29 is 19.6 Å². The van der Waals surface area contributed by atoms with Gasteiger partial charge in [-0.15, -0.1) is 0 Å². The molecule has 1 amide bonds. The molecule has 2 N–H and O–H groups in total. The molecule has 1 aromatic heterocycles. The van der Waals surface area contributed by atoms with Crippen molar-refractivity contribution in [2.24, 2.45) is 0 Å². The summed E-state index contributed by atoms with van der Waals surface area (Å²) in [5.74, 6) is -0.128. The number of rotatable bonds is 3. The van der Waals surface area contributed by atoms with E-state index in [4.69, 9.17) is 27.9 Å². The highest BCUT2D eigenvalue weighted by Crippen LogP contribution is 2.40. The predicted octanol–water partition coefficient (Wildman–Crippen LogP) is 1.27. The summed E-state index contributed by atoms with van der Waals surface area (Å²) < 4.78 is 4.92. The van der Waals surface area contributed by atoms with Gasteiger partial charge in [-0.2, -0.15) is 0 Å². The van der Waals surface area contributed by atoms with E-state index in [1.54, 1.807) is 17.2 Å². The maximum absolute atomic E-state index is 12.2. The van der Waals surface area contributed by atoms with Crippen molar-refractivity contribution in [2.45, 2.75) is 19.5 Å². The van der Waals surface area contributed by atoms with Crippen LogP contribution in [-0.2, 0) is 16.1 Å². The topological polar surface area (TPSA) is 82.9 Å². The Hall–Kier alpha value is -1.38. The molecule has 0 saturated carbocycles. The van der Waals surface area contributed by atoms with E-state index >= 15 is 0 Å². The predicted molar refractivity (Wildman–Crippen MR) is 92.4 cm³/mol. The fraction of sp³-hybridized carbons (Fsp3) is 0.333. The molecule has 0 aliphatic carbocycles. The molecule has 126 valence electrons. The summed E-state index contributed by atoms with van der Waals surface area (Å²) in [6.45, 7) is 2.31. The number of benzene rings is 1. The Bertz CT molecular complexity index is 831. The molecule has 1 atom stereocenters. The summed E-state index contributed by atoms with van der Waals surface area (Å²) in [5.41, 5.74) is 2.34. The molecular weight excluding hydrogens is 354 g/mol. The van der Waals surface area contributed by atoms with E-state index in [1.165, 1.54) is 7.11 Å². The summed E-state index contributed by atoms with van der Waals surface area (Å²) in [5, 5.41) is 19.9. The van der Waals surface area contributed by atoms with Crippen LogP contribution in [0.4, 0.5) is 0 Å². The zero-order valence-electron chi connectivity index (χ0n) is 13.1. The third kappa shape index (κ3) is 2.66. The molecule has 2 heterocycles. The lowest BCUT2D eigenvalue weighted by Crippen LogP contribution is -2.32.